The van der Waals surface area contributed by atoms with Crippen LogP contribution in [0.4, 0.5) is 5.69 Å². The molecule has 0 spiro atoms. The number of nitrogens with zero attached hydrogens (tertiary/aromatic N) is 1. The second kappa shape index (κ2) is 6.18. The number of epoxide rings is 1. The minimum atomic E-state index is -0.546. The van der Waals surface area contributed by atoms with Gasteiger partial charge in [-0.15, -0.1) is 0 Å². The van der Waals surface area contributed by atoms with Crippen LogP contribution in [0.1, 0.15) is 21.5 Å². The van der Waals surface area contributed by atoms with Crippen molar-refractivity contribution >= 4 is 11.5 Å². The Bertz CT molecular complexity index is 767. The van der Waals surface area contributed by atoms with Crippen LogP contribution in [0, 0.1) is 17.0 Å². The molecule has 118 valence electrons. The largest absolute Gasteiger partial charge is 0.484 e. The van der Waals surface area contributed by atoms with E-state index in [-0.39, 0.29) is 35.5 Å². The van der Waals surface area contributed by atoms with Gasteiger partial charge in [-0.1, -0.05) is 23.8 Å². The number of aryl methyl sites for hydroxylation is 1. The molecule has 2 aromatic carbocycles. The van der Waals surface area contributed by atoms with E-state index in [1.165, 1.54) is 12.1 Å². The maximum Gasteiger partial charge on any atom is 0.311 e. The van der Waals surface area contributed by atoms with Crippen LogP contribution in [0.2, 0.25) is 0 Å². The number of hydrogen-bond donors (Lipinski definition) is 0. The van der Waals surface area contributed by atoms with Crippen molar-refractivity contribution < 1.29 is 19.2 Å². The summed E-state index contributed by atoms with van der Waals surface area (Å²) in [5.41, 5.74) is 1.50. The molecule has 0 aliphatic carbocycles. The summed E-state index contributed by atoms with van der Waals surface area (Å²) in [4.78, 5) is 23.2. The van der Waals surface area contributed by atoms with Crippen LogP contribution in [-0.2, 0) is 4.74 Å². The SMILES string of the molecule is Cc1cccc(C(=O)c2ccc(OCC3CO3)c([N+](=O)[O-])c2)c1. The first-order valence-electron chi connectivity index (χ1n) is 7.19. The van der Waals surface area contributed by atoms with Gasteiger partial charge in [0.1, 0.15) is 12.7 Å². The van der Waals surface area contributed by atoms with Gasteiger partial charge in [0.25, 0.3) is 0 Å². The highest BCUT2D eigenvalue weighted by Crippen LogP contribution is 2.29. The van der Waals surface area contributed by atoms with Crippen LogP contribution < -0.4 is 4.74 Å². The fraction of sp³-hybridized carbons (Fsp3) is 0.235. The second-order valence-electron chi connectivity index (χ2n) is 5.40. The molecule has 0 amide bonds. The summed E-state index contributed by atoms with van der Waals surface area (Å²) in [6.07, 6.45) is 0.00297. The normalized spacial score (nSPS) is 16.0. The maximum atomic E-state index is 12.5. The van der Waals surface area contributed by atoms with Crippen LogP contribution in [0.25, 0.3) is 0 Å². The van der Waals surface area contributed by atoms with Crippen LogP contribution in [-0.4, -0.2) is 30.0 Å². The Kier molecular flexibility index (Phi) is 4.08. The molecule has 1 unspecified atom stereocenters. The molecule has 2 aromatic rings. The van der Waals surface area contributed by atoms with E-state index in [1.807, 2.05) is 13.0 Å². The van der Waals surface area contributed by atoms with Crippen molar-refractivity contribution in [1.82, 2.24) is 0 Å². The average Bonchev–Trinajstić information content (AvgIpc) is 3.36. The van der Waals surface area contributed by atoms with Crippen molar-refractivity contribution in [1.29, 1.82) is 0 Å². The first kappa shape index (κ1) is 15.2. The van der Waals surface area contributed by atoms with Crippen molar-refractivity contribution in [2.75, 3.05) is 13.2 Å². The first-order valence-corrected chi connectivity index (χ1v) is 7.19. The molecule has 0 saturated carbocycles. The number of rotatable bonds is 6. The van der Waals surface area contributed by atoms with E-state index < -0.39 is 4.92 Å². The number of ether oxygens (including phenoxy) is 2. The number of ketones is 1. The third-order valence-corrected chi connectivity index (χ3v) is 3.53. The average molecular weight is 313 g/mol. The van der Waals surface area contributed by atoms with E-state index in [0.29, 0.717) is 12.2 Å². The van der Waals surface area contributed by atoms with Gasteiger partial charge >= 0.3 is 5.69 Å². The van der Waals surface area contributed by atoms with E-state index in [1.54, 1.807) is 24.3 Å². The highest BCUT2D eigenvalue weighted by atomic mass is 16.6. The van der Waals surface area contributed by atoms with Gasteiger partial charge in [-0.3, -0.25) is 14.9 Å². The quantitative estimate of drug-likeness (QED) is 0.354. The molecular formula is C17H15NO5. The van der Waals surface area contributed by atoms with Gasteiger partial charge in [0.05, 0.1) is 11.5 Å². The molecule has 1 fully saturated rings. The van der Waals surface area contributed by atoms with Crippen molar-refractivity contribution in [3.8, 4) is 5.75 Å². The Balaban J connectivity index is 1.88. The summed E-state index contributed by atoms with van der Waals surface area (Å²) in [6.45, 7) is 2.76. The zero-order valence-corrected chi connectivity index (χ0v) is 12.5. The van der Waals surface area contributed by atoms with E-state index in [0.717, 1.165) is 5.56 Å². The lowest BCUT2D eigenvalue weighted by molar-refractivity contribution is -0.385. The third kappa shape index (κ3) is 3.54. The van der Waals surface area contributed by atoms with Crippen molar-refractivity contribution in [2.24, 2.45) is 0 Å². The topological polar surface area (TPSA) is 82.0 Å². The molecule has 6 nitrogen and oxygen atoms in total. The van der Waals surface area contributed by atoms with E-state index in [2.05, 4.69) is 0 Å². The van der Waals surface area contributed by atoms with E-state index >= 15 is 0 Å². The summed E-state index contributed by atoms with van der Waals surface area (Å²) in [7, 11) is 0. The molecule has 6 heteroatoms. The highest BCUT2D eigenvalue weighted by molar-refractivity contribution is 6.09. The smallest absolute Gasteiger partial charge is 0.311 e. The van der Waals surface area contributed by atoms with Gasteiger partial charge < -0.3 is 9.47 Å². The Labute approximate surface area is 132 Å². The van der Waals surface area contributed by atoms with Crippen molar-refractivity contribution in [2.45, 2.75) is 13.0 Å². The lowest BCUT2D eigenvalue weighted by Crippen LogP contribution is -2.07. The number of carbonyl (C=O) groups excluding carboxylic acids is 1. The van der Waals surface area contributed by atoms with Crippen LogP contribution in [0.15, 0.2) is 42.5 Å². The van der Waals surface area contributed by atoms with Gasteiger partial charge in [0, 0.05) is 17.2 Å². The molecule has 0 N–H and O–H groups in total. The van der Waals surface area contributed by atoms with Gasteiger partial charge in [-0.25, -0.2) is 0 Å². The number of hydrogen-bond acceptors (Lipinski definition) is 5. The minimum Gasteiger partial charge on any atom is -0.484 e. The molecule has 1 atom stereocenters. The molecule has 1 aliphatic heterocycles. The van der Waals surface area contributed by atoms with Crippen molar-refractivity contribution in [3.05, 3.63) is 69.3 Å². The van der Waals surface area contributed by atoms with Crippen LogP contribution >= 0.6 is 0 Å². The molecule has 1 heterocycles. The number of nitro groups is 1. The third-order valence-electron chi connectivity index (χ3n) is 3.53. The molecule has 23 heavy (non-hydrogen) atoms. The van der Waals surface area contributed by atoms with Crippen molar-refractivity contribution in [3.63, 3.8) is 0 Å². The summed E-state index contributed by atoms with van der Waals surface area (Å²) in [5.74, 6) is -0.111. The predicted octanol–water partition coefficient (Wildman–Crippen LogP) is 2.91. The summed E-state index contributed by atoms with van der Waals surface area (Å²) in [6, 6.07) is 11.4. The van der Waals surface area contributed by atoms with Crippen LogP contribution in [0.3, 0.4) is 0 Å². The maximum absolute atomic E-state index is 12.5. The lowest BCUT2D eigenvalue weighted by atomic mass is 10.0. The fourth-order valence-electron chi connectivity index (χ4n) is 2.22. The highest BCUT2D eigenvalue weighted by Gasteiger charge is 2.26. The Hall–Kier alpha value is -2.73. The van der Waals surface area contributed by atoms with E-state index in [9.17, 15) is 14.9 Å². The van der Waals surface area contributed by atoms with Gasteiger partial charge in [-0.05, 0) is 25.1 Å². The molecule has 0 radical (unpaired) electrons. The second-order valence-corrected chi connectivity index (χ2v) is 5.40. The Morgan fingerprint density at radius 3 is 2.70 bits per heavy atom. The fourth-order valence-corrected chi connectivity index (χ4v) is 2.22. The number of carbonyl (C=O) groups is 1. The molecule has 3 rings (SSSR count). The summed E-state index contributed by atoms with van der Waals surface area (Å²) < 4.78 is 10.4. The van der Waals surface area contributed by atoms with Gasteiger partial charge in [0.2, 0.25) is 0 Å². The standard InChI is InChI=1S/C17H15NO5/c1-11-3-2-4-12(7-11)17(19)13-5-6-16(15(8-13)18(20)21)23-10-14-9-22-14/h2-8,14H,9-10H2,1H3. The first-order chi connectivity index (χ1) is 11.0. The molecular weight excluding hydrogens is 298 g/mol. The molecule has 0 bridgehead atoms. The number of nitro benzene ring substituents is 1. The zero-order valence-electron chi connectivity index (χ0n) is 12.5. The van der Waals surface area contributed by atoms with Crippen LogP contribution in [0.5, 0.6) is 5.75 Å². The number of benzene rings is 2. The predicted molar refractivity (Wildman–Crippen MR) is 82.9 cm³/mol. The molecule has 0 aromatic heterocycles. The Morgan fingerprint density at radius 1 is 1.30 bits per heavy atom. The van der Waals surface area contributed by atoms with E-state index in [4.69, 9.17) is 9.47 Å². The summed E-state index contributed by atoms with van der Waals surface area (Å²) >= 11 is 0. The van der Waals surface area contributed by atoms with Gasteiger partial charge in [0.15, 0.2) is 11.5 Å². The molecule has 1 saturated heterocycles. The minimum absolute atomic E-state index is 0.00297. The summed E-state index contributed by atoms with van der Waals surface area (Å²) in [5, 5.41) is 11.2. The van der Waals surface area contributed by atoms with Gasteiger partial charge in [-0.2, -0.15) is 0 Å². The molecule has 1 aliphatic rings. The zero-order chi connectivity index (χ0) is 16.4. The monoisotopic (exact) mass is 313 g/mol. The lowest BCUT2D eigenvalue weighted by Gasteiger charge is -2.07. The Morgan fingerprint density at radius 2 is 2.04 bits per heavy atom.